The van der Waals surface area contributed by atoms with Gasteiger partial charge in [0.15, 0.2) is 0 Å². The first-order chi connectivity index (χ1) is 11.3. The number of nitrogens with zero attached hydrogens (tertiary/aromatic N) is 1. The molecule has 0 radical (unpaired) electrons. The van der Waals surface area contributed by atoms with E-state index in [-0.39, 0.29) is 11.2 Å². The standard InChI is InChI=1S/C20H19NO3/c1-11-5-6-14-13(9-11)19(23)17-15(22)10-16-12(18(17)21(14)4)7-8-20(2,3)24-16/h5-10,22H,1-4H3. The van der Waals surface area contributed by atoms with E-state index >= 15 is 0 Å². The average Bonchev–Trinajstić information content (AvgIpc) is 2.50. The van der Waals surface area contributed by atoms with E-state index in [0.717, 1.165) is 16.6 Å². The summed E-state index contributed by atoms with van der Waals surface area (Å²) in [5.74, 6) is 0.549. The fraction of sp³-hybridized carbons (Fsp3) is 0.250. The van der Waals surface area contributed by atoms with E-state index in [4.69, 9.17) is 4.74 Å². The zero-order valence-electron chi connectivity index (χ0n) is 14.2. The third-order valence-electron chi connectivity index (χ3n) is 4.63. The topological polar surface area (TPSA) is 51.5 Å². The molecule has 1 aromatic heterocycles. The minimum atomic E-state index is -0.445. The van der Waals surface area contributed by atoms with E-state index < -0.39 is 5.60 Å². The van der Waals surface area contributed by atoms with Gasteiger partial charge in [0.1, 0.15) is 17.1 Å². The summed E-state index contributed by atoms with van der Waals surface area (Å²) in [6.45, 7) is 5.86. The molecule has 1 aliphatic heterocycles. The van der Waals surface area contributed by atoms with Crippen molar-refractivity contribution in [3.63, 3.8) is 0 Å². The van der Waals surface area contributed by atoms with Crippen LogP contribution in [0.2, 0.25) is 0 Å². The highest BCUT2D eigenvalue weighted by molar-refractivity contribution is 6.02. The molecule has 4 rings (SSSR count). The zero-order valence-corrected chi connectivity index (χ0v) is 14.2. The van der Waals surface area contributed by atoms with E-state index in [1.165, 1.54) is 0 Å². The fourth-order valence-electron chi connectivity index (χ4n) is 3.45. The lowest BCUT2D eigenvalue weighted by Gasteiger charge is -2.29. The number of aromatic nitrogens is 1. The van der Waals surface area contributed by atoms with Gasteiger partial charge in [-0.2, -0.15) is 0 Å². The molecule has 4 nitrogen and oxygen atoms in total. The van der Waals surface area contributed by atoms with E-state index in [1.54, 1.807) is 6.07 Å². The first-order valence-corrected chi connectivity index (χ1v) is 7.96. The molecule has 0 unspecified atom stereocenters. The number of ether oxygens (including phenoxy) is 1. The van der Waals surface area contributed by atoms with Crippen LogP contribution in [0.1, 0.15) is 25.0 Å². The minimum absolute atomic E-state index is 0.0427. The molecule has 2 aromatic carbocycles. The predicted octanol–water partition coefficient (Wildman–Crippen LogP) is 3.89. The number of pyridine rings is 1. The molecule has 4 heteroatoms. The van der Waals surface area contributed by atoms with Gasteiger partial charge in [0.2, 0.25) is 5.43 Å². The highest BCUT2D eigenvalue weighted by Gasteiger charge is 2.26. The number of fused-ring (bicyclic) bond motifs is 4. The Bertz CT molecular complexity index is 1100. The molecule has 122 valence electrons. The molecule has 24 heavy (non-hydrogen) atoms. The van der Waals surface area contributed by atoms with Gasteiger partial charge >= 0.3 is 0 Å². The van der Waals surface area contributed by atoms with Crippen LogP contribution in [-0.4, -0.2) is 15.3 Å². The summed E-state index contributed by atoms with van der Waals surface area (Å²) < 4.78 is 7.93. The molecule has 0 spiro atoms. The third kappa shape index (κ3) is 1.96. The summed E-state index contributed by atoms with van der Waals surface area (Å²) in [5, 5.41) is 11.5. The highest BCUT2D eigenvalue weighted by Crippen LogP contribution is 2.40. The smallest absolute Gasteiger partial charge is 0.200 e. The number of rotatable bonds is 0. The highest BCUT2D eigenvalue weighted by atomic mass is 16.5. The summed E-state index contributed by atoms with van der Waals surface area (Å²) in [6, 6.07) is 7.34. The van der Waals surface area contributed by atoms with Gasteiger partial charge in [-0.3, -0.25) is 4.79 Å². The van der Waals surface area contributed by atoms with Gasteiger partial charge < -0.3 is 14.4 Å². The molecule has 2 heterocycles. The van der Waals surface area contributed by atoms with Gasteiger partial charge in [0, 0.05) is 24.1 Å². The number of phenolic OH excluding ortho intramolecular Hbond substituents is 1. The molecular weight excluding hydrogens is 302 g/mol. The average molecular weight is 321 g/mol. The lowest BCUT2D eigenvalue weighted by molar-refractivity contribution is 0.159. The van der Waals surface area contributed by atoms with Crippen LogP contribution >= 0.6 is 0 Å². The number of hydrogen-bond donors (Lipinski definition) is 1. The number of hydrogen-bond acceptors (Lipinski definition) is 3. The maximum atomic E-state index is 13.0. The Labute approximate surface area is 139 Å². The van der Waals surface area contributed by atoms with Crippen LogP contribution in [0.25, 0.3) is 27.9 Å². The van der Waals surface area contributed by atoms with Crippen molar-refractivity contribution in [2.24, 2.45) is 7.05 Å². The molecule has 0 bridgehead atoms. The van der Waals surface area contributed by atoms with Crippen molar-refractivity contribution < 1.29 is 9.84 Å². The number of aromatic hydroxyl groups is 1. The first-order valence-electron chi connectivity index (χ1n) is 7.96. The van der Waals surface area contributed by atoms with Gasteiger partial charge in [-0.25, -0.2) is 0 Å². The van der Waals surface area contributed by atoms with Crippen LogP contribution in [0, 0.1) is 6.92 Å². The molecule has 0 aliphatic carbocycles. The maximum Gasteiger partial charge on any atom is 0.200 e. The van der Waals surface area contributed by atoms with Crippen LogP contribution in [0.3, 0.4) is 0 Å². The summed E-state index contributed by atoms with van der Waals surface area (Å²) in [7, 11) is 1.91. The molecule has 1 aliphatic rings. The van der Waals surface area contributed by atoms with Crippen LogP contribution < -0.4 is 10.2 Å². The van der Waals surface area contributed by atoms with Crippen LogP contribution in [-0.2, 0) is 7.05 Å². The lowest BCUT2D eigenvalue weighted by atomic mass is 9.98. The molecule has 0 atom stereocenters. The number of aryl methyl sites for hydroxylation is 2. The van der Waals surface area contributed by atoms with Crippen molar-refractivity contribution in [2.75, 3.05) is 0 Å². The summed E-state index contributed by atoms with van der Waals surface area (Å²) in [6.07, 6.45) is 3.94. The molecule has 0 saturated carbocycles. The molecule has 1 N–H and O–H groups in total. The Kier molecular flexibility index (Phi) is 2.86. The third-order valence-corrected chi connectivity index (χ3v) is 4.63. The van der Waals surface area contributed by atoms with Gasteiger partial charge in [0.05, 0.1) is 16.4 Å². The second kappa shape index (κ2) is 4.63. The lowest BCUT2D eigenvalue weighted by Crippen LogP contribution is -2.28. The second-order valence-corrected chi connectivity index (χ2v) is 6.98. The van der Waals surface area contributed by atoms with Gasteiger partial charge in [-0.05, 0) is 45.1 Å². The van der Waals surface area contributed by atoms with E-state index in [0.29, 0.717) is 22.0 Å². The Morgan fingerprint density at radius 1 is 1.21 bits per heavy atom. The largest absolute Gasteiger partial charge is 0.507 e. The Balaban J connectivity index is 2.25. The quantitative estimate of drug-likeness (QED) is 0.639. The van der Waals surface area contributed by atoms with Crippen molar-refractivity contribution >= 4 is 27.9 Å². The molecule has 0 saturated heterocycles. The Morgan fingerprint density at radius 2 is 1.96 bits per heavy atom. The van der Waals surface area contributed by atoms with Crippen molar-refractivity contribution in [3.05, 3.63) is 51.7 Å². The molecule has 3 aromatic rings. The summed E-state index contributed by atoms with van der Waals surface area (Å²) in [4.78, 5) is 13.0. The fourth-order valence-corrected chi connectivity index (χ4v) is 3.45. The van der Waals surface area contributed by atoms with E-state index in [1.807, 2.05) is 62.7 Å². The van der Waals surface area contributed by atoms with Crippen LogP contribution in [0.5, 0.6) is 11.5 Å². The number of benzene rings is 2. The molecular formula is C20H19NO3. The normalized spacial score (nSPS) is 15.5. The molecule has 0 amide bonds. The minimum Gasteiger partial charge on any atom is -0.507 e. The summed E-state index contributed by atoms with van der Waals surface area (Å²) >= 11 is 0. The van der Waals surface area contributed by atoms with Crippen molar-refractivity contribution in [1.82, 2.24) is 4.57 Å². The molecule has 0 fully saturated rings. The van der Waals surface area contributed by atoms with Crippen molar-refractivity contribution in [3.8, 4) is 11.5 Å². The maximum absolute atomic E-state index is 13.0. The summed E-state index contributed by atoms with van der Waals surface area (Å²) in [5.41, 5.74) is 2.77. The monoisotopic (exact) mass is 321 g/mol. The number of phenols is 1. The first kappa shape index (κ1) is 14.8. The van der Waals surface area contributed by atoms with Gasteiger partial charge in [-0.15, -0.1) is 0 Å². The Hall–Kier alpha value is -2.75. The predicted molar refractivity (Wildman–Crippen MR) is 96.8 cm³/mol. The van der Waals surface area contributed by atoms with Gasteiger partial charge in [0.25, 0.3) is 0 Å². The van der Waals surface area contributed by atoms with Crippen LogP contribution in [0.15, 0.2) is 35.1 Å². The van der Waals surface area contributed by atoms with Crippen molar-refractivity contribution in [1.29, 1.82) is 0 Å². The SMILES string of the molecule is Cc1ccc2c(c1)c(=O)c1c(O)cc3c(c1n2C)C=CC(C)(C)O3. The Morgan fingerprint density at radius 3 is 2.71 bits per heavy atom. The zero-order chi connectivity index (χ0) is 17.2. The van der Waals surface area contributed by atoms with Gasteiger partial charge in [-0.1, -0.05) is 11.6 Å². The van der Waals surface area contributed by atoms with E-state index in [9.17, 15) is 9.90 Å². The van der Waals surface area contributed by atoms with Crippen molar-refractivity contribution in [2.45, 2.75) is 26.4 Å². The van der Waals surface area contributed by atoms with Crippen LogP contribution in [0.4, 0.5) is 0 Å². The van der Waals surface area contributed by atoms with E-state index in [2.05, 4.69) is 0 Å². The second-order valence-electron chi connectivity index (χ2n) is 6.98.